The molecule has 0 bridgehead atoms. The Labute approximate surface area is 107 Å². The number of carbonyl (C=O) groups excluding carboxylic acids is 1. The fourth-order valence-electron chi connectivity index (χ4n) is 2.20. The highest BCUT2D eigenvalue weighted by atomic mass is 32.1. The minimum absolute atomic E-state index is 0.182. The van der Waals surface area contributed by atoms with Crippen LogP contribution in [-0.2, 0) is 22.4 Å². The van der Waals surface area contributed by atoms with Crippen LogP contribution in [0, 0.1) is 0 Å². The third-order valence-electron chi connectivity index (χ3n) is 3.17. The second kappa shape index (κ2) is 6.31. The minimum Gasteiger partial charge on any atom is -0.378 e. The van der Waals surface area contributed by atoms with E-state index in [9.17, 15) is 4.79 Å². The topological polar surface area (TPSA) is 26.3 Å². The zero-order valence-electron chi connectivity index (χ0n) is 10.4. The smallest absolute Gasteiger partial charge is 0.140 e. The van der Waals surface area contributed by atoms with Crippen LogP contribution in [-0.4, -0.2) is 18.5 Å². The van der Waals surface area contributed by atoms with E-state index >= 15 is 0 Å². The van der Waals surface area contributed by atoms with E-state index in [1.54, 1.807) is 11.3 Å². The molecule has 1 unspecified atom stereocenters. The van der Waals surface area contributed by atoms with Crippen LogP contribution in [0.15, 0.2) is 12.1 Å². The molecule has 0 aliphatic carbocycles. The Hall–Kier alpha value is -0.670. The molecule has 1 fully saturated rings. The van der Waals surface area contributed by atoms with Crippen LogP contribution in [0.1, 0.15) is 42.4 Å². The molecule has 1 aromatic heterocycles. The zero-order valence-corrected chi connectivity index (χ0v) is 11.2. The van der Waals surface area contributed by atoms with Crippen LogP contribution in [0.4, 0.5) is 0 Å². The second-order valence-corrected chi connectivity index (χ2v) is 5.88. The van der Waals surface area contributed by atoms with E-state index in [-0.39, 0.29) is 6.10 Å². The Morgan fingerprint density at radius 1 is 1.41 bits per heavy atom. The molecule has 17 heavy (non-hydrogen) atoms. The number of ketones is 1. The third kappa shape index (κ3) is 3.93. The van der Waals surface area contributed by atoms with Crippen molar-refractivity contribution in [3.05, 3.63) is 21.9 Å². The first-order valence-corrected chi connectivity index (χ1v) is 7.30. The van der Waals surface area contributed by atoms with Gasteiger partial charge in [-0.1, -0.05) is 6.92 Å². The van der Waals surface area contributed by atoms with Crippen LogP contribution in [0.25, 0.3) is 0 Å². The van der Waals surface area contributed by atoms with Gasteiger partial charge in [-0.3, -0.25) is 4.79 Å². The Bertz CT molecular complexity index is 364. The molecule has 1 aliphatic rings. The van der Waals surface area contributed by atoms with Crippen molar-refractivity contribution in [2.45, 2.75) is 51.6 Å². The predicted molar refractivity (Wildman–Crippen MR) is 70.6 cm³/mol. The molecule has 0 saturated carbocycles. The number of ether oxygens (including phenoxy) is 1. The monoisotopic (exact) mass is 252 g/mol. The van der Waals surface area contributed by atoms with Crippen LogP contribution in [0.2, 0.25) is 0 Å². The molecule has 0 aromatic carbocycles. The number of carbonyl (C=O) groups is 1. The van der Waals surface area contributed by atoms with Crippen molar-refractivity contribution >= 4 is 17.1 Å². The average molecular weight is 252 g/mol. The van der Waals surface area contributed by atoms with Gasteiger partial charge in [0.25, 0.3) is 0 Å². The van der Waals surface area contributed by atoms with Crippen molar-refractivity contribution in [3.8, 4) is 0 Å². The number of thiophene rings is 1. The third-order valence-corrected chi connectivity index (χ3v) is 4.40. The molecule has 1 aromatic rings. The van der Waals surface area contributed by atoms with Gasteiger partial charge in [-0.15, -0.1) is 11.3 Å². The van der Waals surface area contributed by atoms with Crippen LogP contribution < -0.4 is 0 Å². The Morgan fingerprint density at radius 2 is 2.24 bits per heavy atom. The van der Waals surface area contributed by atoms with Crippen molar-refractivity contribution in [1.82, 2.24) is 0 Å². The molecule has 2 heterocycles. The van der Waals surface area contributed by atoms with Gasteiger partial charge in [-0.25, -0.2) is 0 Å². The SMILES string of the molecule is CCc1ccc(CC(=O)CC2CCCCO2)s1. The average Bonchev–Trinajstić information content (AvgIpc) is 2.78. The molecule has 2 nitrogen and oxygen atoms in total. The molecule has 0 radical (unpaired) electrons. The maximum absolute atomic E-state index is 11.9. The lowest BCUT2D eigenvalue weighted by molar-refractivity contribution is -0.122. The fourth-order valence-corrected chi connectivity index (χ4v) is 3.18. The van der Waals surface area contributed by atoms with E-state index in [0.717, 1.165) is 25.9 Å². The number of hydrogen-bond acceptors (Lipinski definition) is 3. The molecule has 1 saturated heterocycles. The summed E-state index contributed by atoms with van der Waals surface area (Å²) in [6.07, 6.45) is 5.83. The summed E-state index contributed by atoms with van der Waals surface area (Å²) < 4.78 is 5.60. The summed E-state index contributed by atoms with van der Waals surface area (Å²) in [5.41, 5.74) is 0. The molecule has 3 heteroatoms. The number of aryl methyl sites for hydroxylation is 1. The van der Waals surface area contributed by atoms with E-state index < -0.39 is 0 Å². The first kappa shape index (κ1) is 12.8. The van der Waals surface area contributed by atoms with Crippen LogP contribution in [0.5, 0.6) is 0 Å². The van der Waals surface area contributed by atoms with Crippen molar-refractivity contribution in [3.63, 3.8) is 0 Å². The number of Topliss-reactive ketones (excluding diaryl/α,β-unsaturated/α-hetero) is 1. The highest BCUT2D eigenvalue weighted by Crippen LogP contribution is 2.20. The predicted octanol–water partition coefficient (Wildman–Crippen LogP) is 3.38. The quantitative estimate of drug-likeness (QED) is 0.803. The van der Waals surface area contributed by atoms with Crippen molar-refractivity contribution in [1.29, 1.82) is 0 Å². The van der Waals surface area contributed by atoms with Gasteiger partial charge >= 0.3 is 0 Å². The van der Waals surface area contributed by atoms with Gasteiger partial charge in [-0.05, 0) is 37.8 Å². The minimum atomic E-state index is 0.182. The molecule has 0 spiro atoms. The van der Waals surface area contributed by atoms with E-state index in [0.29, 0.717) is 18.6 Å². The second-order valence-electron chi connectivity index (χ2n) is 4.63. The first-order valence-electron chi connectivity index (χ1n) is 6.49. The van der Waals surface area contributed by atoms with Crippen molar-refractivity contribution in [2.75, 3.05) is 6.61 Å². The van der Waals surface area contributed by atoms with E-state index in [4.69, 9.17) is 4.74 Å². The summed E-state index contributed by atoms with van der Waals surface area (Å²) in [5.74, 6) is 0.321. The molecule has 1 atom stereocenters. The maximum Gasteiger partial charge on any atom is 0.140 e. The van der Waals surface area contributed by atoms with Gasteiger partial charge in [-0.2, -0.15) is 0 Å². The Morgan fingerprint density at radius 3 is 2.88 bits per heavy atom. The van der Waals surface area contributed by atoms with E-state index in [1.165, 1.54) is 16.2 Å². The highest BCUT2D eigenvalue weighted by Gasteiger charge is 2.18. The standard InChI is InChI=1S/C14H20O2S/c1-2-13-6-7-14(17-13)10-11(15)9-12-5-3-4-8-16-12/h6-7,12H,2-5,8-10H2,1H3. The normalized spacial score (nSPS) is 20.4. The van der Waals surface area contributed by atoms with Gasteiger partial charge in [0.1, 0.15) is 5.78 Å². The van der Waals surface area contributed by atoms with Gasteiger partial charge in [0, 0.05) is 29.2 Å². The summed E-state index contributed by atoms with van der Waals surface area (Å²) in [7, 11) is 0. The molecule has 0 N–H and O–H groups in total. The van der Waals surface area contributed by atoms with Gasteiger partial charge in [0.2, 0.25) is 0 Å². The van der Waals surface area contributed by atoms with E-state index in [1.807, 2.05) is 0 Å². The summed E-state index contributed by atoms with van der Waals surface area (Å²) in [6, 6.07) is 4.22. The Kier molecular flexibility index (Phi) is 4.75. The van der Waals surface area contributed by atoms with Gasteiger partial charge in [0.05, 0.1) is 6.10 Å². The van der Waals surface area contributed by atoms with Crippen molar-refractivity contribution < 1.29 is 9.53 Å². The van der Waals surface area contributed by atoms with Crippen LogP contribution in [0.3, 0.4) is 0 Å². The molecular formula is C14H20O2S. The van der Waals surface area contributed by atoms with Crippen LogP contribution >= 0.6 is 11.3 Å². The summed E-state index contributed by atoms with van der Waals surface area (Å²) in [5, 5.41) is 0. The van der Waals surface area contributed by atoms with Gasteiger partial charge < -0.3 is 4.74 Å². The van der Waals surface area contributed by atoms with Gasteiger partial charge in [0.15, 0.2) is 0 Å². The summed E-state index contributed by atoms with van der Waals surface area (Å²) in [6.45, 7) is 2.98. The first-order chi connectivity index (χ1) is 8.28. The number of hydrogen-bond donors (Lipinski definition) is 0. The largest absolute Gasteiger partial charge is 0.378 e. The summed E-state index contributed by atoms with van der Waals surface area (Å²) in [4.78, 5) is 14.5. The molecule has 2 rings (SSSR count). The molecule has 1 aliphatic heterocycles. The lowest BCUT2D eigenvalue weighted by atomic mass is 10.0. The highest BCUT2D eigenvalue weighted by molar-refractivity contribution is 7.12. The molecular weight excluding hydrogens is 232 g/mol. The zero-order chi connectivity index (χ0) is 12.1. The Balaban J connectivity index is 1.79. The lowest BCUT2D eigenvalue weighted by Gasteiger charge is -2.21. The van der Waals surface area contributed by atoms with E-state index in [2.05, 4.69) is 19.1 Å². The maximum atomic E-state index is 11.9. The molecule has 94 valence electrons. The number of rotatable bonds is 5. The summed E-state index contributed by atoms with van der Waals surface area (Å²) >= 11 is 1.76. The van der Waals surface area contributed by atoms with Crippen molar-refractivity contribution in [2.24, 2.45) is 0 Å². The molecule has 0 amide bonds. The lowest BCUT2D eigenvalue weighted by Crippen LogP contribution is -2.22. The fraction of sp³-hybridized carbons (Fsp3) is 0.643.